The van der Waals surface area contributed by atoms with Gasteiger partial charge in [0.05, 0.1) is 22.8 Å². The Hall–Kier alpha value is -1.63. The first-order valence-electron chi connectivity index (χ1n) is 7.04. The quantitative estimate of drug-likeness (QED) is 0.847. The molecule has 1 saturated heterocycles. The van der Waals surface area contributed by atoms with Crippen LogP contribution in [0.1, 0.15) is 24.6 Å². The first-order chi connectivity index (χ1) is 11.0. The molecule has 1 atom stereocenters. The molecule has 23 heavy (non-hydrogen) atoms. The Labute approximate surface area is 140 Å². The average molecular weight is 359 g/mol. The number of halogens is 3. The largest absolute Gasteiger partial charge is 0.358 e. The van der Waals surface area contributed by atoms with Gasteiger partial charge in [-0.1, -0.05) is 29.3 Å². The minimum atomic E-state index is -1.000. The zero-order valence-electron chi connectivity index (χ0n) is 12.0. The van der Waals surface area contributed by atoms with Crippen molar-refractivity contribution in [3.05, 3.63) is 66.7 Å². The smallest absolute Gasteiger partial charge is 0.333 e. The van der Waals surface area contributed by atoms with Gasteiger partial charge in [-0.15, -0.1) is 0 Å². The van der Waals surface area contributed by atoms with Crippen LogP contribution in [0.4, 0.5) is 4.39 Å². The van der Waals surface area contributed by atoms with Crippen molar-refractivity contribution in [3.63, 3.8) is 0 Å². The van der Waals surface area contributed by atoms with E-state index in [9.17, 15) is 14.0 Å². The van der Waals surface area contributed by atoms with Gasteiger partial charge in [-0.25, -0.2) is 4.79 Å². The van der Waals surface area contributed by atoms with Crippen LogP contribution in [0, 0.1) is 5.82 Å². The molecule has 0 saturated carbocycles. The molecule has 0 aliphatic carbocycles. The number of benzene rings is 1. The molecule has 5 nitrogen and oxygen atoms in total. The first kappa shape index (κ1) is 16.2. The molecule has 1 aromatic carbocycles. The van der Waals surface area contributed by atoms with Crippen molar-refractivity contribution in [1.82, 2.24) is 9.13 Å². The number of aromatic nitrogens is 2. The van der Waals surface area contributed by atoms with E-state index in [-0.39, 0.29) is 6.54 Å². The number of ether oxygens (including phenoxy) is 1. The summed E-state index contributed by atoms with van der Waals surface area (Å²) in [5, 5.41) is 0.659. The van der Waals surface area contributed by atoms with Gasteiger partial charge < -0.3 is 4.74 Å². The van der Waals surface area contributed by atoms with Gasteiger partial charge in [-0.2, -0.15) is 4.39 Å². The predicted octanol–water partition coefficient (Wildman–Crippen LogP) is 2.81. The van der Waals surface area contributed by atoms with Crippen LogP contribution in [-0.2, 0) is 11.3 Å². The normalized spacial score (nSPS) is 17.6. The Morgan fingerprint density at radius 3 is 2.70 bits per heavy atom. The average Bonchev–Trinajstić information content (AvgIpc) is 3.05. The molecule has 0 unspecified atom stereocenters. The molecule has 0 spiro atoms. The summed E-state index contributed by atoms with van der Waals surface area (Å²) in [5.74, 6) is -1.000. The summed E-state index contributed by atoms with van der Waals surface area (Å²) in [5.41, 5.74) is -1.02. The van der Waals surface area contributed by atoms with Crippen molar-refractivity contribution in [3.8, 4) is 0 Å². The molecule has 1 aromatic heterocycles. The Balaban J connectivity index is 2.05. The highest BCUT2D eigenvalue weighted by atomic mass is 35.5. The molecule has 0 radical (unpaired) electrons. The van der Waals surface area contributed by atoms with Gasteiger partial charge >= 0.3 is 5.69 Å². The highest BCUT2D eigenvalue weighted by Gasteiger charge is 2.22. The molecule has 2 aromatic rings. The maximum atomic E-state index is 13.9. The highest BCUT2D eigenvalue weighted by Crippen LogP contribution is 2.23. The second kappa shape index (κ2) is 6.47. The maximum absolute atomic E-state index is 13.9. The van der Waals surface area contributed by atoms with Crippen LogP contribution >= 0.6 is 23.2 Å². The fourth-order valence-electron chi connectivity index (χ4n) is 2.53. The van der Waals surface area contributed by atoms with E-state index in [2.05, 4.69) is 0 Å². The van der Waals surface area contributed by atoms with E-state index in [4.69, 9.17) is 27.9 Å². The van der Waals surface area contributed by atoms with Gasteiger partial charge in [-0.3, -0.25) is 13.9 Å². The van der Waals surface area contributed by atoms with Crippen LogP contribution in [0.25, 0.3) is 0 Å². The fourth-order valence-corrected chi connectivity index (χ4v) is 2.85. The molecule has 2 heterocycles. The molecule has 1 aliphatic rings. The number of hydrogen-bond donors (Lipinski definition) is 0. The van der Waals surface area contributed by atoms with E-state index in [1.165, 1.54) is 6.07 Å². The van der Waals surface area contributed by atoms with Crippen LogP contribution < -0.4 is 11.2 Å². The standard InChI is InChI=1S/C15H13Cl2FN2O3/c16-10-4-3-9(6-11(10)17)7-20-14(21)12(18)8-19(15(20)22)13-2-1-5-23-13/h3-4,6,8,13H,1-2,5,7H2/t13-/m0/s1. The van der Waals surface area contributed by atoms with Crippen LogP contribution in [0.5, 0.6) is 0 Å². The van der Waals surface area contributed by atoms with Crippen molar-refractivity contribution in [1.29, 1.82) is 0 Å². The monoisotopic (exact) mass is 358 g/mol. The van der Waals surface area contributed by atoms with Crippen molar-refractivity contribution in [2.45, 2.75) is 25.6 Å². The SMILES string of the molecule is O=c1c(F)cn([C@@H]2CCCO2)c(=O)n1Cc1ccc(Cl)c(Cl)c1. The van der Waals surface area contributed by atoms with Crippen LogP contribution in [0.2, 0.25) is 10.0 Å². The summed E-state index contributed by atoms with van der Waals surface area (Å²) in [6.45, 7) is 0.406. The number of hydrogen-bond acceptors (Lipinski definition) is 3. The van der Waals surface area contributed by atoms with Gasteiger partial charge in [0.1, 0.15) is 6.23 Å². The molecule has 0 bridgehead atoms. The van der Waals surface area contributed by atoms with Crippen molar-refractivity contribution >= 4 is 23.2 Å². The van der Waals surface area contributed by atoms with Gasteiger partial charge in [0.15, 0.2) is 0 Å². The molecule has 0 N–H and O–H groups in total. The lowest BCUT2D eigenvalue weighted by Crippen LogP contribution is -2.42. The fraction of sp³-hybridized carbons (Fsp3) is 0.333. The molecule has 1 aliphatic heterocycles. The van der Waals surface area contributed by atoms with Gasteiger partial charge in [0.25, 0.3) is 5.56 Å². The minimum absolute atomic E-state index is 0.0982. The third kappa shape index (κ3) is 3.20. The summed E-state index contributed by atoms with van der Waals surface area (Å²) in [6.07, 6.45) is 1.75. The molecule has 0 amide bonds. The zero-order valence-corrected chi connectivity index (χ0v) is 13.5. The zero-order chi connectivity index (χ0) is 16.6. The van der Waals surface area contributed by atoms with E-state index in [0.717, 1.165) is 21.8 Å². The van der Waals surface area contributed by atoms with Gasteiger partial charge in [-0.05, 0) is 30.5 Å². The van der Waals surface area contributed by atoms with E-state index < -0.39 is 23.3 Å². The molecule has 1 fully saturated rings. The second-order valence-corrected chi connectivity index (χ2v) is 6.09. The summed E-state index contributed by atoms with van der Waals surface area (Å²) in [4.78, 5) is 24.5. The molecule has 122 valence electrons. The van der Waals surface area contributed by atoms with Crippen LogP contribution in [0.15, 0.2) is 34.0 Å². The summed E-state index contributed by atoms with van der Waals surface area (Å²) in [6, 6.07) is 4.72. The summed E-state index contributed by atoms with van der Waals surface area (Å²) in [7, 11) is 0. The Morgan fingerprint density at radius 1 is 1.26 bits per heavy atom. The third-order valence-corrected chi connectivity index (χ3v) is 4.43. The van der Waals surface area contributed by atoms with Crippen LogP contribution in [0.3, 0.4) is 0 Å². The van der Waals surface area contributed by atoms with E-state index in [1.54, 1.807) is 12.1 Å². The number of nitrogens with zero attached hydrogens (tertiary/aromatic N) is 2. The first-order valence-corrected chi connectivity index (χ1v) is 7.80. The lowest BCUT2D eigenvalue weighted by Gasteiger charge is -2.15. The second-order valence-electron chi connectivity index (χ2n) is 5.27. The van der Waals surface area contributed by atoms with Crippen LogP contribution in [-0.4, -0.2) is 15.7 Å². The summed E-state index contributed by atoms with van der Waals surface area (Å²) < 4.78 is 21.3. The Morgan fingerprint density at radius 2 is 2.04 bits per heavy atom. The van der Waals surface area contributed by atoms with Crippen molar-refractivity contribution < 1.29 is 9.13 Å². The van der Waals surface area contributed by atoms with Gasteiger partial charge in [0, 0.05) is 6.61 Å². The molecular formula is C15H13Cl2FN2O3. The minimum Gasteiger partial charge on any atom is -0.358 e. The van der Waals surface area contributed by atoms with Gasteiger partial charge in [0.2, 0.25) is 5.82 Å². The molecule has 3 rings (SSSR count). The van der Waals surface area contributed by atoms with Crippen molar-refractivity contribution in [2.75, 3.05) is 6.61 Å². The Bertz CT molecular complexity index is 857. The van der Waals surface area contributed by atoms with E-state index in [0.29, 0.717) is 28.6 Å². The predicted molar refractivity (Wildman–Crippen MR) is 84.7 cm³/mol. The van der Waals surface area contributed by atoms with E-state index >= 15 is 0 Å². The van der Waals surface area contributed by atoms with E-state index in [1.807, 2.05) is 0 Å². The molecule has 8 heteroatoms. The lowest BCUT2D eigenvalue weighted by atomic mass is 10.2. The Kier molecular flexibility index (Phi) is 4.57. The molecular weight excluding hydrogens is 346 g/mol. The lowest BCUT2D eigenvalue weighted by molar-refractivity contribution is 0.0504. The van der Waals surface area contributed by atoms with Crippen molar-refractivity contribution in [2.24, 2.45) is 0 Å². The highest BCUT2D eigenvalue weighted by molar-refractivity contribution is 6.42. The summed E-state index contributed by atoms with van der Waals surface area (Å²) >= 11 is 11.8. The topological polar surface area (TPSA) is 53.2 Å². The maximum Gasteiger partial charge on any atom is 0.333 e. The third-order valence-electron chi connectivity index (χ3n) is 3.69. The number of rotatable bonds is 3.